The van der Waals surface area contributed by atoms with Crippen LogP contribution in [-0.2, 0) is 14.8 Å². The lowest BCUT2D eigenvalue weighted by molar-refractivity contribution is 0.101. The Kier molecular flexibility index (Phi) is 3.62. The highest BCUT2D eigenvalue weighted by atomic mass is 32.2. The number of sulfonamides is 1. The molecule has 1 fully saturated rings. The molecule has 0 spiro atoms. The minimum atomic E-state index is -3.77. The average Bonchev–Trinajstić information content (AvgIpc) is 2.98. The van der Waals surface area contributed by atoms with Gasteiger partial charge in [-0.3, -0.25) is 4.90 Å². The molecule has 0 N–H and O–H groups in total. The van der Waals surface area contributed by atoms with Gasteiger partial charge in [0, 0.05) is 20.2 Å². The van der Waals surface area contributed by atoms with Gasteiger partial charge in [0.25, 0.3) is 10.0 Å². The molecule has 3 rings (SSSR count). The fraction of sp³-hybridized carbons (Fsp3) is 0.500. The molecule has 1 aromatic rings. The number of carbonyl (C=O) groups excluding carboxylic acids is 1. The zero-order valence-electron chi connectivity index (χ0n) is 11.9. The van der Waals surface area contributed by atoms with Gasteiger partial charge in [-0.1, -0.05) is 12.1 Å². The van der Waals surface area contributed by atoms with Crippen LogP contribution in [0.2, 0.25) is 0 Å². The summed E-state index contributed by atoms with van der Waals surface area (Å²) in [5.74, 6) is 0. The minimum absolute atomic E-state index is 0.0514. The van der Waals surface area contributed by atoms with Gasteiger partial charge in [-0.05, 0) is 31.4 Å². The Morgan fingerprint density at radius 3 is 2.81 bits per heavy atom. The van der Waals surface area contributed by atoms with Crippen molar-refractivity contribution in [3.63, 3.8) is 0 Å². The van der Waals surface area contributed by atoms with E-state index in [1.54, 1.807) is 25.2 Å². The Hall–Kier alpha value is -1.60. The van der Waals surface area contributed by atoms with Crippen molar-refractivity contribution in [2.24, 2.45) is 0 Å². The number of rotatable bonds is 3. The first-order valence-corrected chi connectivity index (χ1v) is 8.47. The molecule has 1 aromatic carbocycles. The molecule has 2 amide bonds. The van der Waals surface area contributed by atoms with Gasteiger partial charge in [0.1, 0.15) is 4.90 Å². The zero-order chi connectivity index (χ0) is 15.0. The summed E-state index contributed by atoms with van der Waals surface area (Å²) in [6.07, 6.45) is 2.51. The summed E-state index contributed by atoms with van der Waals surface area (Å²) < 4.78 is 31.7. The summed E-state index contributed by atoms with van der Waals surface area (Å²) >= 11 is 0. The molecule has 1 unspecified atom stereocenters. The molecule has 0 bridgehead atoms. The predicted octanol–water partition coefficient (Wildman–Crippen LogP) is 1.82. The van der Waals surface area contributed by atoms with E-state index in [0.717, 1.165) is 17.1 Å². The number of carbonyl (C=O) groups is 1. The van der Waals surface area contributed by atoms with Crippen LogP contribution in [0.15, 0.2) is 29.2 Å². The Bertz CT molecular complexity index is 653. The molecule has 0 aromatic heterocycles. The molecular formula is C14H18N2O4S. The maximum Gasteiger partial charge on any atom is 0.338 e. The molecule has 2 aliphatic rings. The third-order valence-electron chi connectivity index (χ3n) is 3.97. The van der Waals surface area contributed by atoms with Crippen molar-refractivity contribution in [1.82, 2.24) is 4.31 Å². The summed E-state index contributed by atoms with van der Waals surface area (Å²) in [4.78, 5) is 13.9. The molecule has 6 nitrogen and oxygen atoms in total. The van der Waals surface area contributed by atoms with Gasteiger partial charge in [-0.25, -0.2) is 17.5 Å². The number of fused-ring (bicyclic) bond motifs is 1. The fourth-order valence-corrected chi connectivity index (χ4v) is 4.42. The second-order valence-corrected chi connectivity index (χ2v) is 7.14. The number of hydrogen-bond acceptors (Lipinski definition) is 4. The normalized spacial score (nSPS) is 24.2. The van der Waals surface area contributed by atoms with E-state index in [2.05, 4.69) is 0 Å². The number of anilines is 1. The first-order valence-electron chi connectivity index (χ1n) is 7.03. The van der Waals surface area contributed by atoms with Gasteiger partial charge in [0.2, 0.25) is 0 Å². The minimum Gasteiger partial charge on any atom is -0.378 e. The monoisotopic (exact) mass is 310 g/mol. The van der Waals surface area contributed by atoms with Crippen LogP contribution in [0, 0.1) is 0 Å². The van der Waals surface area contributed by atoms with E-state index in [4.69, 9.17) is 4.74 Å². The number of ether oxygens (including phenoxy) is 1. The fourth-order valence-electron chi connectivity index (χ4n) is 2.79. The molecule has 0 aliphatic carbocycles. The van der Waals surface area contributed by atoms with E-state index in [1.165, 1.54) is 11.0 Å². The highest BCUT2D eigenvalue weighted by Crippen LogP contribution is 2.33. The van der Waals surface area contributed by atoms with Crippen LogP contribution >= 0.6 is 0 Å². The number of nitrogens with zero attached hydrogens (tertiary/aromatic N) is 2. The van der Waals surface area contributed by atoms with Gasteiger partial charge >= 0.3 is 6.03 Å². The summed E-state index contributed by atoms with van der Waals surface area (Å²) in [7, 11) is -2.18. The quantitative estimate of drug-likeness (QED) is 0.854. The molecule has 1 atom stereocenters. The number of benzene rings is 1. The maximum atomic E-state index is 12.6. The lowest BCUT2D eigenvalue weighted by atomic mass is 10.2. The third kappa shape index (κ3) is 2.40. The molecular weight excluding hydrogens is 292 g/mol. The van der Waals surface area contributed by atoms with Crippen molar-refractivity contribution in [1.29, 1.82) is 0 Å². The Morgan fingerprint density at radius 1 is 1.33 bits per heavy atom. The molecule has 7 heteroatoms. The van der Waals surface area contributed by atoms with Crippen molar-refractivity contribution in [3.8, 4) is 0 Å². The van der Waals surface area contributed by atoms with Crippen LogP contribution in [0.25, 0.3) is 0 Å². The van der Waals surface area contributed by atoms with E-state index in [-0.39, 0.29) is 17.5 Å². The Balaban J connectivity index is 1.88. The van der Waals surface area contributed by atoms with E-state index in [9.17, 15) is 13.2 Å². The van der Waals surface area contributed by atoms with E-state index >= 15 is 0 Å². The van der Waals surface area contributed by atoms with Gasteiger partial charge in [0.05, 0.1) is 11.8 Å². The molecule has 0 radical (unpaired) electrons. The van der Waals surface area contributed by atoms with Crippen molar-refractivity contribution in [2.75, 3.05) is 25.1 Å². The average molecular weight is 310 g/mol. The van der Waals surface area contributed by atoms with Gasteiger partial charge in [-0.15, -0.1) is 0 Å². The maximum absolute atomic E-state index is 12.6. The SMILES string of the molecule is CN1C(=O)N(CCC2CCCO2)S(=O)(=O)c2ccccc21. The van der Waals surface area contributed by atoms with Gasteiger partial charge in [-0.2, -0.15) is 0 Å². The highest BCUT2D eigenvalue weighted by molar-refractivity contribution is 7.90. The van der Waals surface area contributed by atoms with E-state index in [0.29, 0.717) is 18.7 Å². The van der Waals surface area contributed by atoms with Crippen molar-refractivity contribution >= 4 is 21.7 Å². The van der Waals surface area contributed by atoms with Crippen molar-refractivity contribution in [2.45, 2.75) is 30.3 Å². The summed E-state index contributed by atoms with van der Waals surface area (Å²) in [6.45, 7) is 0.874. The van der Waals surface area contributed by atoms with Crippen LogP contribution < -0.4 is 4.90 Å². The van der Waals surface area contributed by atoms with E-state index in [1.807, 2.05) is 0 Å². The molecule has 0 saturated carbocycles. The number of amides is 2. The van der Waals surface area contributed by atoms with Crippen LogP contribution in [0.3, 0.4) is 0 Å². The lowest BCUT2D eigenvalue weighted by Crippen LogP contribution is -2.49. The van der Waals surface area contributed by atoms with Crippen LogP contribution in [0.4, 0.5) is 10.5 Å². The van der Waals surface area contributed by atoms with Crippen molar-refractivity contribution < 1.29 is 17.9 Å². The molecule has 21 heavy (non-hydrogen) atoms. The molecule has 2 aliphatic heterocycles. The largest absolute Gasteiger partial charge is 0.378 e. The second-order valence-electron chi connectivity index (χ2n) is 5.31. The standard InChI is InChI=1S/C14H18N2O4S/c1-15-12-6-2-3-7-13(12)21(18,19)16(14(15)17)9-8-11-5-4-10-20-11/h2-3,6-7,11H,4-5,8-10H2,1H3. The first kappa shape index (κ1) is 14.3. The van der Waals surface area contributed by atoms with Crippen LogP contribution in [-0.4, -0.2) is 45.1 Å². The summed E-state index contributed by atoms with van der Waals surface area (Å²) in [6, 6.07) is 6.06. The Labute approximate surface area is 124 Å². The summed E-state index contributed by atoms with van der Waals surface area (Å²) in [5, 5.41) is 0. The third-order valence-corrected chi connectivity index (χ3v) is 5.79. The topological polar surface area (TPSA) is 66.9 Å². The zero-order valence-corrected chi connectivity index (χ0v) is 12.7. The Morgan fingerprint density at radius 2 is 2.10 bits per heavy atom. The van der Waals surface area contributed by atoms with Crippen LogP contribution in [0.1, 0.15) is 19.3 Å². The molecule has 114 valence electrons. The second kappa shape index (κ2) is 5.31. The number of para-hydroxylation sites is 1. The smallest absolute Gasteiger partial charge is 0.338 e. The lowest BCUT2D eigenvalue weighted by Gasteiger charge is -2.34. The van der Waals surface area contributed by atoms with Crippen LogP contribution in [0.5, 0.6) is 0 Å². The highest BCUT2D eigenvalue weighted by Gasteiger charge is 2.39. The predicted molar refractivity (Wildman–Crippen MR) is 77.7 cm³/mol. The van der Waals surface area contributed by atoms with E-state index < -0.39 is 16.1 Å². The number of hydrogen-bond donors (Lipinski definition) is 0. The summed E-state index contributed by atoms with van der Waals surface area (Å²) in [5.41, 5.74) is 0.427. The first-order chi connectivity index (χ1) is 10.0. The molecule has 1 saturated heterocycles. The van der Waals surface area contributed by atoms with Gasteiger partial charge < -0.3 is 4.74 Å². The van der Waals surface area contributed by atoms with Gasteiger partial charge in [0.15, 0.2) is 0 Å². The molecule has 2 heterocycles. The van der Waals surface area contributed by atoms with Crippen molar-refractivity contribution in [3.05, 3.63) is 24.3 Å². The number of urea groups is 1.